The highest BCUT2D eigenvalue weighted by molar-refractivity contribution is 9.10. The number of hydrogen-bond acceptors (Lipinski definition) is 2. The lowest BCUT2D eigenvalue weighted by atomic mass is 9.95. The summed E-state index contributed by atoms with van der Waals surface area (Å²) in [6.45, 7) is 7.75. The predicted octanol–water partition coefficient (Wildman–Crippen LogP) is 4.02. The van der Waals surface area contributed by atoms with Gasteiger partial charge >= 0.3 is 0 Å². The highest BCUT2D eigenvalue weighted by Crippen LogP contribution is 2.26. The van der Waals surface area contributed by atoms with E-state index in [2.05, 4.69) is 54.2 Å². The molecule has 0 fully saturated rings. The molecule has 1 aromatic carbocycles. The lowest BCUT2D eigenvalue weighted by Gasteiger charge is -2.18. The van der Waals surface area contributed by atoms with Crippen molar-refractivity contribution < 1.29 is 4.74 Å². The monoisotopic (exact) mass is 313 g/mol. The maximum atomic E-state index is 5.28. The standard InChI is InChI=1S/C15H24BrNO/c1-5-17-12(3)8-11(2)9-13-10-14(18-4)6-7-15(13)16/h6-7,10-12,17H,5,8-9H2,1-4H3. The first kappa shape index (κ1) is 15.5. The van der Waals surface area contributed by atoms with E-state index >= 15 is 0 Å². The number of rotatable bonds is 7. The summed E-state index contributed by atoms with van der Waals surface area (Å²) in [4.78, 5) is 0. The van der Waals surface area contributed by atoms with Crippen molar-refractivity contribution in [2.24, 2.45) is 5.92 Å². The minimum Gasteiger partial charge on any atom is -0.497 e. The molecule has 3 heteroatoms. The average Bonchev–Trinajstić information content (AvgIpc) is 2.32. The van der Waals surface area contributed by atoms with E-state index in [9.17, 15) is 0 Å². The Bertz CT molecular complexity index is 368. The maximum absolute atomic E-state index is 5.28. The molecule has 0 aliphatic heterocycles. The van der Waals surface area contributed by atoms with Crippen molar-refractivity contribution in [3.63, 3.8) is 0 Å². The molecule has 1 rings (SSSR count). The molecule has 0 aromatic heterocycles. The van der Waals surface area contributed by atoms with Crippen LogP contribution in [0.3, 0.4) is 0 Å². The zero-order valence-corrected chi connectivity index (χ0v) is 13.4. The number of nitrogens with one attached hydrogen (secondary N) is 1. The van der Waals surface area contributed by atoms with Crippen molar-refractivity contribution in [3.05, 3.63) is 28.2 Å². The van der Waals surface area contributed by atoms with Gasteiger partial charge in [0.15, 0.2) is 0 Å². The van der Waals surface area contributed by atoms with Crippen LogP contribution < -0.4 is 10.1 Å². The molecule has 0 heterocycles. The summed E-state index contributed by atoms with van der Waals surface area (Å²) < 4.78 is 6.45. The van der Waals surface area contributed by atoms with Crippen LogP contribution in [0.25, 0.3) is 0 Å². The molecule has 0 aliphatic rings. The molecule has 0 radical (unpaired) electrons. The second-order valence-electron chi connectivity index (χ2n) is 4.96. The van der Waals surface area contributed by atoms with Crippen molar-refractivity contribution in [1.29, 1.82) is 0 Å². The summed E-state index contributed by atoms with van der Waals surface area (Å²) in [7, 11) is 1.71. The van der Waals surface area contributed by atoms with Gasteiger partial charge in [0.1, 0.15) is 5.75 Å². The Labute approximate surface area is 119 Å². The maximum Gasteiger partial charge on any atom is 0.119 e. The van der Waals surface area contributed by atoms with Crippen LogP contribution >= 0.6 is 15.9 Å². The van der Waals surface area contributed by atoms with Gasteiger partial charge in [-0.15, -0.1) is 0 Å². The first-order valence-electron chi connectivity index (χ1n) is 6.62. The van der Waals surface area contributed by atoms with Crippen LogP contribution in [0.1, 0.15) is 32.8 Å². The van der Waals surface area contributed by atoms with Crippen LogP contribution in [0.15, 0.2) is 22.7 Å². The third-order valence-electron chi connectivity index (χ3n) is 3.13. The molecule has 2 nitrogen and oxygen atoms in total. The lowest BCUT2D eigenvalue weighted by Crippen LogP contribution is -2.27. The van der Waals surface area contributed by atoms with E-state index in [1.807, 2.05) is 6.07 Å². The largest absolute Gasteiger partial charge is 0.497 e. The third-order valence-corrected chi connectivity index (χ3v) is 3.90. The van der Waals surface area contributed by atoms with Gasteiger partial charge in [0.2, 0.25) is 0 Å². The molecule has 0 aliphatic carbocycles. The number of hydrogen-bond donors (Lipinski definition) is 1. The van der Waals surface area contributed by atoms with Crippen molar-refractivity contribution in [2.45, 2.75) is 39.7 Å². The van der Waals surface area contributed by atoms with Gasteiger partial charge in [-0.2, -0.15) is 0 Å². The molecule has 0 spiro atoms. The van der Waals surface area contributed by atoms with Crippen molar-refractivity contribution in [1.82, 2.24) is 5.32 Å². The number of benzene rings is 1. The highest BCUT2D eigenvalue weighted by Gasteiger charge is 2.11. The SMILES string of the molecule is CCNC(C)CC(C)Cc1cc(OC)ccc1Br. The molecule has 0 saturated heterocycles. The van der Waals surface area contributed by atoms with Crippen LogP contribution in [0, 0.1) is 5.92 Å². The number of methoxy groups -OCH3 is 1. The number of ether oxygens (including phenoxy) is 1. The van der Waals surface area contributed by atoms with Gasteiger partial charge in [-0.05, 0) is 56.0 Å². The molecular formula is C15H24BrNO. The summed E-state index contributed by atoms with van der Waals surface area (Å²) in [6.07, 6.45) is 2.27. The zero-order chi connectivity index (χ0) is 13.5. The Morgan fingerprint density at radius 3 is 2.67 bits per heavy atom. The molecule has 0 bridgehead atoms. The molecule has 102 valence electrons. The summed E-state index contributed by atoms with van der Waals surface area (Å²) >= 11 is 3.61. The van der Waals surface area contributed by atoms with Crippen LogP contribution in [-0.4, -0.2) is 19.7 Å². The Morgan fingerprint density at radius 1 is 1.33 bits per heavy atom. The van der Waals surface area contributed by atoms with E-state index in [0.29, 0.717) is 12.0 Å². The smallest absolute Gasteiger partial charge is 0.119 e. The minimum absolute atomic E-state index is 0.578. The van der Waals surface area contributed by atoms with Crippen molar-refractivity contribution in [3.8, 4) is 5.75 Å². The normalized spacial score (nSPS) is 14.3. The number of halogens is 1. The lowest BCUT2D eigenvalue weighted by molar-refractivity contribution is 0.410. The van der Waals surface area contributed by atoms with Crippen molar-refractivity contribution in [2.75, 3.05) is 13.7 Å². The molecule has 2 unspecified atom stereocenters. The molecule has 0 amide bonds. The van der Waals surface area contributed by atoms with Gasteiger partial charge in [-0.1, -0.05) is 29.8 Å². The van der Waals surface area contributed by atoms with E-state index in [0.717, 1.165) is 18.7 Å². The highest BCUT2D eigenvalue weighted by atomic mass is 79.9. The Morgan fingerprint density at radius 2 is 2.06 bits per heavy atom. The zero-order valence-electron chi connectivity index (χ0n) is 11.8. The van der Waals surface area contributed by atoms with Crippen LogP contribution in [0.2, 0.25) is 0 Å². The summed E-state index contributed by atoms with van der Waals surface area (Å²) in [5.41, 5.74) is 1.32. The molecule has 0 saturated carbocycles. The third kappa shape index (κ3) is 4.99. The molecule has 2 atom stereocenters. The first-order chi connectivity index (χ1) is 8.56. The summed E-state index contributed by atoms with van der Waals surface area (Å²) in [5, 5.41) is 3.46. The Balaban J connectivity index is 2.60. The quantitative estimate of drug-likeness (QED) is 0.820. The van der Waals surface area contributed by atoms with E-state index in [-0.39, 0.29) is 0 Å². The summed E-state index contributed by atoms with van der Waals surface area (Å²) in [5.74, 6) is 1.59. The minimum atomic E-state index is 0.578. The van der Waals surface area contributed by atoms with Crippen LogP contribution in [0.5, 0.6) is 5.75 Å². The molecule has 1 aromatic rings. The van der Waals surface area contributed by atoms with E-state index in [4.69, 9.17) is 4.74 Å². The van der Waals surface area contributed by atoms with Gasteiger partial charge in [0, 0.05) is 10.5 Å². The fourth-order valence-corrected chi connectivity index (χ4v) is 2.74. The van der Waals surface area contributed by atoms with E-state index in [1.54, 1.807) is 7.11 Å². The molecule has 1 N–H and O–H groups in total. The fraction of sp³-hybridized carbons (Fsp3) is 0.600. The van der Waals surface area contributed by atoms with Gasteiger partial charge in [-0.3, -0.25) is 0 Å². The van der Waals surface area contributed by atoms with Crippen molar-refractivity contribution >= 4 is 15.9 Å². The summed E-state index contributed by atoms with van der Waals surface area (Å²) in [6, 6.07) is 6.75. The van der Waals surface area contributed by atoms with Gasteiger partial charge in [0.05, 0.1) is 7.11 Å². The van der Waals surface area contributed by atoms with E-state index < -0.39 is 0 Å². The topological polar surface area (TPSA) is 21.3 Å². The van der Waals surface area contributed by atoms with E-state index in [1.165, 1.54) is 16.5 Å². The van der Waals surface area contributed by atoms with Gasteiger partial charge in [0.25, 0.3) is 0 Å². The Hall–Kier alpha value is -0.540. The Kier molecular flexibility index (Phi) is 6.72. The van der Waals surface area contributed by atoms with Gasteiger partial charge < -0.3 is 10.1 Å². The predicted molar refractivity (Wildman–Crippen MR) is 81.3 cm³/mol. The molecular weight excluding hydrogens is 290 g/mol. The average molecular weight is 314 g/mol. The first-order valence-corrected chi connectivity index (χ1v) is 7.41. The second-order valence-corrected chi connectivity index (χ2v) is 5.82. The molecule has 18 heavy (non-hydrogen) atoms. The van der Waals surface area contributed by atoms with Crippen LogP contribution in [0.4, 0.5) is 0 Å². The second kappa shape index (κ2) is 7.80. The fourth-order valence-electron chi connectivity index (χ4n) is 2.33. The van der Waals surface area contributed by atoms with Gasteiger partial charge in [-0.25, -0.2) is 0 Å². The van der Waals surface area contributed by atoms with Crippen LogP contribution in [-0.2, 0) is 6.42 Å².